The summed E-state index contributed by atoms with van der Waals surface area (Å²) in [7, 11) is 4.00. The highest BCUT2D eigenvalue weighted by Crippen LogP contribution is 2.29. The van der Waals surface area contributed by atoms with Crippen molar-refractivity contribution in [3.05, 3.63) is 30.0 Å². The number of nitrogen functional groups attached to an aromatic ring is 2. The van der Waals surface area contributed by atoms with E-state index in [1.54, 1.807) is 0 Å². The number of nitrogens with two attached hydrogens (primary N) is 2. The third kappa shape index (κ3) is 2.48. The molecular formula is C15H17N7. The maximum absolute atomic E-state index is 5.64. The minimum Gasteiger partial charge on any atom is -0.377 e. The molecule has 0 aliphatic heterocycles. The van der Waals surface area contributed by atoms with Crippen molar-refractivity contribution in [2.75, 3.05) is 30.5 Å². The molecule has 0 spiro atoms. The highest BCUT2D eigenvalue weighted by atomic mass is 15.1. The van der Waals surface area contributed by atoms with E-state index in [0.717, 1.165) is 27.8 Å². The highest BCUT2D eigenvalue weighted by molar-refractivity contribution is 5.94. The zero-order chi connectivity index (χ0) is 15.9. The Labute approximate surface area is 128 Å². The van der Waals surface area contributed by atoms with E-state index in [1.165, 1.54) is 0 Å². The van der Waals surface area contributed by atoms with Crippen molar-refractivity contribution >= 4 is 28.5 Å². The predicted octanol–water partition coefficient (Wildman–Crippen LogP) is 1.63. The molecule has 0 radical (unpaired) electrons. The Morgan fingerprint density at radius 2 is 1.59 bits per heavy atom. The van der Waals surface area contributed by atoms with E-state index in [4.69, 9.17) is 11.5 Å². The quantitative estimate of drug-likeness (QED) is 0.739. The lowest BCUT2D eigenvalue weighted by Crippen LogP contribution is -2.10. The molecular weight excluding hydrogens is 278 g/mol. The van der Waals surface area contributed by atoms with Crippen LogP contribution in [-0.2, 0) is 0 Å². The Hall–Kier alpha value is -2.96. The first-order chi connectivity index (χ1) is 10.4. The molecule has 0 aliphatic rings. The van der Waals surface area contributed by atoms with Crippen molar-refractivity contribution in [2.24, 2.45) is 0 Å². The van der Waals surface area contributed by atoms with Crippen molar-refractivity contribution < 1.29 is 0 Å². The lowest BCUT2D eigenvalue weighted by molar-refractivity contribution is 1.09. The fourth-order valence-corrected chi connectivity index (χ4v) is 2.38. The van der Waals surface area contributed by atoms with Gasteiger partial charge in [-0.15, -0.1) is 0 Å². The van der Waals surface area contributed by atoms with E-state index >= 15 is 0 Å². The van der Waals surface area contributed by atoms with E-state index in [-0.39, 0.29) is 11.9 Å². The van der Waals surface area contributed by atoms with Gasteiger partial charge in [0.1, 0.15) is 0 Å². The molecule has 0 bridgehead atoms. The number of hydrogen-bond donors (Lipinski definition) is 2. The normalized spacial score (nSPS) is 10.9. The van der Waals surface area contributed by atoms with Crippen LogP contribution in [0.4, 0.5) is 17.6 Å². The number of pyridine rings is 1. The van der Waals surface area contributed by atoms with Crippen LogP contribution in [0.5, 0.6) is 0 Å². The van der Waals surface area contributed by atoms with Crippen LogP contribution in [0, 0.1) is 6.92 Å². The molecule has 3 rings (SSSR count). The second-order valence-corrected chi connectivity index (χ2v) is 5.28. The number of benzene rings is 1. The van der Waals surface area contributed by atoms with Crippen LogP contribution >= 0.6 is 0 Å². The Morgan fingerprint density at radius 1 is 0.909 bits per heavy atom. The minimum absolute atomic E-state index is 0.109. The number of aryl methyl sites for hydroxylation is 1. The number of hydrogen-bond acceptors (Lipinski definition) is 7. The first-order valence-electron chi connectivity index (χ1n) is 6.80. The van der Waals surface area contributed by atoms with E-state index in [0.29, 0.717) is 5.82 Å². The lowest BCUT2D eigenvalue weighted by Gasteiger charge is -2.16. The Morgan fingerprint density at radius 3 is 2.23 bits per heavy atom. The molecule has 0 aliphatic carbocycles. The molecule has 0 amide bonds. The lowest BCUT2D eigenvalue weighted by atomic mass is 10.1. The van der Waals surface area contributed by atoms with Crippen molar-refractivity contribution in [1.29, 1.82) is 0 Å². The summed E-state index contributed by atoms with van der Waals surface area (Å²) in [6, 6.07) is 7.89. The molecule has 1 aromatic carbocycles. The maximum Gasteiger partial charge on any atom is 0.225 e. The zero-order valence-corrected chi connectivity index (χ0v) is 12.7. The molecule has 2 heterocycles. The van der Waals surface area contributed by atoms with E-state index in [2.05, 4.69) is 24.8 Å². The first kappa shape index (κ1) is 14.0. The first-order valence-corrected chi connectivity index (χ1v) is 6.80. The van der Waals surface area contributed by atoms with Gasteiger partial charge in [0, 0.05) is 36.4 Å². The SMILES string of the molecule is Cc1cc(N(C)C)c2cc(-c3nc(N)nc(N)n3)ccc2n1. The molecule has 0 fully saturated rings. The summed E-state index contributed by atoms with van der Waals surface area (Å²) in [4.78, 5) is 18.7. The maximum atomic E-state index is 5.64. The topological polar surface area (TPSA) is 107 Å². The minimum atomic E-state index is 0.109. The van der Waals surface area contributed by atoms with Crippen LogP contribution < -0.4 is 16.4 Å². The van der Waals surface area contributed by atoms with Gasteiger partial charge in [-0.3, -0.25) is 4.98 Å². The van der Waals surface area contributed by atoms with Crippen LogP contribution in [-0.4, -0.2) is 34.0 Å². The molecule has 0 saturated carbocycles. The summed E-state index contributed by atoms with van der Waals surface area (Å²) in [5, 5.41) is 1.02. The van der Waals surface area contributed by atoms with Crippen molar-refractivity contribution in [1.82, 2.24) is 19.9 Å². The van der Waals surface area contributed by atoms with E-state index in [9.17, 15) is 0 Å². The molecule has 112 valence electrons. The fraction of sp³-hybridized carbons (Fsp3) is 0.200. The second-order valence-electron chi connectivity index (χ2n) is 5.28. The van der Waals surface area contributed by atoms with Crippen molar-refractivity contribution in [3.63, 3.8) is 0 Å². The largest absolute Gasteiger partial charge is 0.377 e. The summed E-state index contributed by atoms with van der Waals surface area (Å²) in [5.41, 5.74) is 15.1. The molecule has 7 heteroatoms. The molecule has 0 unspecified atom stereocenters. The number of aromatic nitrogens is 4. The van der Waals surface area contributed by atoms with Gasteiger partial charge in [0.25, 0.3) is 0 Å². The molecule has 2 aromatic heterocycles. The molecule has 4 N–H and O–H groups in total. The zero-order valence-electron chi connectivity index (χ0n) is 12.7. The second kappa shape index (κ2) is 5.10. The third-order valence-electron chi connectivity index (χ3n) is 3.32. The van der Waals surface area contributed by atoms with Crippen LogP contribution in [0.15, 0.2) is 24.3 Å². The van der Waals surface area contributed by atoms with Crippen LogP contribution in [0.2, 0.25) is 0 Å². The van der Waals surface area contributed by atoms with Gasteiger partial charge < -0.3 is 16.4 Å². The highest BCUT2D eigenvalue weighted by Gasteiger charge is 2.10. The van der Waals surface area contributed by atoms with E-state index < -0.39 is 0 Å². The molecule has 0 saturated heterocycles. The van der Waals surface area contributed by atoms with Crippen LogP contribution in [0.3, 0.4) is 0 Å². The number of nitrogens with zero attached hydrogens (tertiary/aromatic N) is 5. The van der Waals surface area contributed by atoms with Gasteiger partial charge in [-0.1, -0.05) is 0 Å². The third-order valence-corrected chi connectivity index (χ3v) is 3.32. The summed E-state index contributed by atoms with van der Waals surface area (Å²) in [6.07, 6.45) is 0. The van der Waals surface area contributed by atoms with Crippen molar-refractivity contribution in [3.8, 4) is 11.4 Å². The van der Waals surface area contributed by atoms with Crippen molar-refractivity contribution in [2.45, 2.75) is 6.92 Å². The summed E-state index contributed by atoms with van der Waals surface area (Å²) < 4.78 is 0. The number of fused-ring (bicyclic) bond motifs is 1. The summed E-state index contributed by atoms with van der Waals surface area (Å²) in [6.45, 7) is 1.98. The Balaban J connectivity index is 2.24. The summed E-state index contributed by atoms with van der Waals surface area (Å²) >= 11 is 0. The Kier molecular flexibility index (Phi) is 3.25. The standard InChI is InChI=1S/C15H17N7/c1-8-6-12(22(2)3)10-7-9(4-5-11(10)18-8)13-19-14(16)21-15(17)20-13/h4-7H,1-3H3,(H4,16,17,19,20,21). The number of anilines is 3. The van der Waals surface area contributed by atoms with Gasteiger partial charge in [-0.2, -0.15) is 15.0 Å². The van der Waals surface area contributed by atoms with Gasteiger partial charge >= 0.3 is 0 Å². The molecule has 0 atom stereocenters. The van der Waals surface area contributed by atoms with E-state index in [1.807, 2.05) is 45.3 Å². The van der Waals surface area contributed by atoms with Crippen LogP contribution in [0.25, 0.3) is 22.3 Å². The van der Waals surface area contributed by atoms with Gasteiger partial charge in [-0.05, 0) is 31.2 Å². The molecule has 7 nitrogen and oxygen atoms in total. The summed E-state index contributed by atoms with van der Waals surface area (Å²) in [5.74, 6) is 0.673. The average Bonchev–Trinajstić information content (AvgIpc) is 2.44. The van der Waals surface area contributed by atoms with Gasteiger partial charge in [-0.25, -0.2) is 0 Å². The Bertz CT molecular complexity index is 838. The van der Waals surface area contributed by atoms with Crippen LogP contribution in [0.1, 0.15) is 5.69 Å². The van der Waals surface area contributed by atoms with Gasteiger partial charge in [0.05, 0.1) is 5.52 Å². The predicted molar refractivity (Wildman–Crippen MR) is 88.5 cm³/mol. The van der Waals surface area contributed by atoms with Gasteiger partial charge in [0.15, 0.2) is 5.82 Å². The van der Waals surface area contributed by atoms with Gasteiger partial charge in [0.2, 0.25) is 11.9 Å². The average molecular weight is 295 g/mol. The molecule has 22 heavy (non-hydrogen) atoms. The fourth-order valence-electron chi connectivity index (χ4n) is 2.38. The molecule has 3 aromatic rings. The monoisotopic (exact) mass is 295 g/mol. The number of rotatable bonds is 2. The smallest absolute Gasteiger partial charge is 0.225 e.